The van der Waals surface area contributed by atoms with Gasteiger partial charge in [-0.3, -0.25) is 4.79 Å². The first kappa shape index (κ1) is 13.0. The zero-order chi connectivity index (χ0) is 12.0. The van der Waals surface area contributed by atoms with E-state index in [9.17, 15) is 4.79 Å². The largest absolute Gasteiger partial charge is 0.326 e. The maximum atomic E-state index is 11.5. The third-order valence-corrected chi connectivity index (χ3v) is 2.87. The van der Waals surface area contributed by atoms with Crippen molar-refractivity contribution in [2.45, 2.75) is 39.5 Å². The molecule has 0 aliphatic carbocycles. The number of carbonyl (C=O) groups excluding carboxylic acids is 1. The van der Waals surface area contributed by atoms with Crippen molar-refractivity contribution >= 4 is 23.2 Å². The lowest BCUT2D eigenvalue weighted by atomic mass is 10.2. The molecule has 0 aliphatic rings. The topological polar surface area (TPSA) is 29.1 Å². The summed E-state index contributed by atoms with van der Waals surface area (Å²) in [6.07, 6.45) is 3.78. The summed E-state index contributed by atoms with van der Waals surface area (Å²) in [5.74, 6) is 0.0789. The predicted molar refractivity (Wildman–Crippen MR) is 69.0 cm³/mol. The number of aryl methyl sites for hydroxylation is 1. The van der Waals surface area contributed by atoms with E-state index in [1.54, 1.807) is 6.07 Å². The molecule has 0 aliphatic heterocycles. The smallest absolute Gasteiger partial charge is 0.224 e. The SMILES string of the molecule is CCCCCC(=O)Nc1ccc(Cl)c(C)c1. The number of amides is 1. The molecule has 1 rings (SSSR count). The lowest BCUT2D eigenvalue weighted by Crippen LogP contribution is -2.11. The van der Waals surface area contributed by atoms with E-state index in [2.05, 4.69) is 12.2 Å². The van der Waals surface area contributed by atoms with Gasteiger partial charge < -0.3 is 5.32 Å². The van der Waals surface area contributed by atoms with Crippen LogP contribution in [-0.4, -0.2) is 5.91 Å². The lowest BCUT2D eigenvalue weighted by molar-refractivity contribution is -0.116. The minimum absolute atomic E-state index is 0.0789. The first-order chi connectivity index (χ1) is 7.63. The van der Waals surface area contributed by atoms with Crippen molar-refractivity contribution in [1.29, 1.82) is 0 Å². The van der Waals surface area contributed by atoms with E-state index in [1.165, 1.54) is 0 Å². The summed E-state index contributed by atoms with van der Waals surface area (Å²) in [5, 5.41) is 3.60. The highest BCUT2D eigenvalue weighted by Gasteiger charge is 2.03. The number of anilines is 1. The van der Waals surface area contributed by atoms with Gasteiger partial charge in [0, 0.05) is 17.1 Å². The molecule has 0 saturated carbocycles. The molecule has 0 saturated heterocycles. The van der Waals surface area contributed by atoms with Crippen LogP contribution in [0.15, 0.2) is 18.2 Å². The summed E-state index contributed by atoms with van der Waals surface area (Å²) in [7, 11) is 0. The van der Waals surface area contributed by atoms with Crippen molar-refractivity contribution < 1.29 is 4.79 Å². The quantitative estimate of drug-likeness (QED) is 0.768. The summed E-state index contributed by atoms with van der Waals surface area (Å²) in [4.78, 5) is 11.5. The van der Waals surface area contributed by atoms with Crippen LogP contribution in [0.5, 0.6) is 0 Å². The number of halogens is 1. The lowest BCUT2D eigenvalue weighted by Gasteiger charge is -2.06. The van der Waals surface area contributed by atoms with E-state index >= 15 is 0 Å². The van der Waals surface area contributed by atoms with Gasteiger partial charge in [0.2, 0.25) is 5.91 Å². The highest BCUT2D eigenvalue weighted by atomic mass is 35.5. The molecule has 0 spiro atoms. The van der Waals surface area contributed by atoms with Crippen LogP contribution in [0, 0.1) is 6.92 Å². The van der Waals surface area contributed by atoms with Gasteiger partial charge in [-0.15, -0.1) is 0 Å². The van der Waals surface area contributed by atoms with Crippen molar-refractivity contribution in [1.82, 2.24) is 0 Å². The molecular formula is C13H18ClNO. The van der Waals surface area contributed by atoms with E-state index < -0.39 is 0 Å². The standard InChI is InChI=1S/C13H18ClNO/c1-3-4-5-6-13(16)15-11-7-8-12(14)10(2)9-11/h7-9H,3-6H2,1-2H3,(H,15,16). The molecule has 1 aromatic rings. The van der Waals surface area contributed by atoms with Gasteiger partial charge in [0.15, 0.2) is 0 Å². The molecule has 88 valence electrons. The summed E-state index contributed by atoms with van der Waals surface area (Å²) in [6.45, 7) is 4.05. The average molecular weight is 240 g/mol. The van der Waals surface area contributed by atoms with Gasteiger partial charge in [-0.2, -0.15) is 0 Å². The van der Waals surface area contributed by atoms with E-state index in [-0.39, 0.29) is 5.91 Å². The number of unbranched alkanes of at least 4 members (excludes halogenated alkanes) is 2. The highest BCUT2D eigenvalue weighted by molar-refractivity contribution is 6.31. The third-order valence-electron chi connectivity index (χ3n) is 2.45. The molecule has 1 amide bonds. The fourth-order valence-electron chi connectivity index (χ4n) is 1.48. The molecule has 16 heavy (non-hydrogen) atoms. The molecule has 0 heterocycles. The Labute approximate surface area is 102 Å². The molecule has 1 N–H and O–H groups in total. The Bertz CT molecular complexity index is 363. The normalized spacial score (nSPS) is 10.2. The second kappa shape index (κ2) is 6.54. The van der Waals surface area contributed by atoms with E-state index in [4.69, 9.17) is 11.6 Å². The Morgan fingerprint density at radius 2 is 2.12 bits per heavy atom. The van der Waals surface area contributed by atoms with Crippen LogP contribution in [-0.2, 0) is 4.79 Å². The van der Waals surface area contributed by atoms with E-state index in [0.717, 1.165) is 35.5 Å². The minimum Gasteiger partial charge on any atom is -0.326 e. The van der Waals surface area contributed by atoms with Gasteiger partial charge in [-0.25, -0.2) is 0 Å². The molecule has 0 unspecified atom stereocenters. The number of rotatable bonds is 5. The summed E-state index contributed by atoms with van der Waals surface area (Å²) >= 11 is 5.91. The van der Waals surface area contributed by atoms with Gasteiger partial charge in [0.25, 0.3) is 0 Å². The Morgan fingerprint density at radius 1 is 1.38 bits per heavy atom. The first-order valence-electron chi connectivity index (χ1n) is 5.69. The van der Waals surface area contributed by atoms with Crippen molar-refractivity contribution in [3.8, 4) is 0 Å². The second-order valence-electron chi connectivity index (χ2n) is 3.97. The van der Waals surface area contributed by atoms with Gasteiger partial charge >= 0.3 is 0 Å². The summed E-state index contributed by atoms with van der Waals surface area (Å²) < 4.78 is 0. The minimum atomic E-state index is 0.0789. The average Bonchev–Trinajstić information content (AvgIpc) is 2.24. The van der Waals surface area contributed by atoms with E-state index in [0.29, 0.717) is 6.42 Å². The van der Waals surface area contributed by atoms with E-state index in [1.807, 2.05) is 19.1 Å². The fourth-order valence-corrected chi connectivity index (χ4v) is 1.60. The van der Waals surface area contributed by atoms with Gasteiger partial charge in [-0.1, -0.05) is 31.4 Å². The summed E-state index contributed by atoms with van der Waals surface area (Å²) in [6, 6.07) is 5.52. The van der Waals surface area contributed by atoms with Crippen molar-refractivity contribution in [2.24, 2.45) is 0 Å². The number of carbonyl (C=O) groups is 1. The molecule has 1 aromatic carbocycles. The van der Waals surface area contributed by atoms with Gasteiger partial charge in [0.05, 0.1) is 0 Å². The highest BCUT2D eigenvalue weighted by Crippen LogP contribution is 2.19. The Kier molecular flexibility index (Phi) is 5.33. The molecule has 0 atom stereocenters. The van der Waals surface area contributed by atoms with Crippen LogP contribution >= 0.6 is 11.6 Å². The molecule has 2 nitrogen and oxygen atoms in total. The zero-order valence-electron chi connectivity index (χ0n) is 9.85. The maximum absolute atomic E-state index is 11.5. The first-order valence-corrected chi connectivity index (χ1v) is 6.07. The fraction of sp³-hybridized carbons (Fsp3) is 0.462. The maximum Gasteiger partial charge on any atom is 0.224 e. The predicted octanol–water partition coefficient (Wildman–Crippen LogP) is 4.17. The molecule has 3 heteroatoms. The van der Waals surface area contributed by atoms with Gasteiger partial charge in [-0.05, 0) is 37.1 Å². The third kappa shape index (κ3) is 4.23. The Hall–Kier alpha value is -1.02. The van der Waals surface area contributed by atoms with Crippen LogP contribution < -0.4 is 5.32 Å². The Balaban J connectivity index is 2.46. The van der Waals surface area contributed by atoms with Crippen molar-refractivity contribution in [2.75, 3.05) is 5.32 Å². The van der Waals surface area contributed by atoms with Gasteiger partial charge in [0.1, 0.15) is 0 Å². The molecule has 0 radical (unpaired) electrons. The number of hydrogen-bond acceptors (Lipinski definition) is 1. The van der Waals surface area contributed by atoms with Crippen LogP contribution in [0.1, 0.15) is 38.2 Å². The number of hydrogen-bond donors (Lipinski definition) is 1. The van der Waals surface area contributed by atoms with Crippen LogP contribution in [0.2, 0.25) is 5.02 Å². The monoisotopic (exact) mass is 239 g/mol. The number of benzene rings is 1. The van der Waals surface area contributed by atoms with Crippen molar-refractivity contribution in [3.63, 3.8) is 0 Å². The molecule has 0 fully saturated rings. The van der Waals surface area contributed by atoms with Crippen LogP contribution in [0.4, 0.5) is 5.69 Å². The Morgan fingerprint density at radius 3 is 2.75 bits per heavy atom. The second-order valence-corrected chi connectivity index (χ2v) is 4.38. The molecule has 0 aromatic heterocycles. The van der Waals surface area contributed by atoms with Crippen LogP contribution in [0.25, 0.3) is 0 Å². The molecule has 0 bridgehead atoms. The van der Waals surface area contributed by atoms with Crippen LogP contribution in [0.3, 0.4) is 0 Å². The summed E-state index contributed by atoms with van der Waals surface area (Å²) in [5.41, 5.74) is 1.80. The zero-order valence-corrected chi connectivity index (χ0v) is 10.6. The van der Waals surface area contributed by atoms with Crippen molar-refractivity contribution in [3.05, 3.63) is 28.8 Å². The molecular weight excluding hydrogens is 222 g/mol. The number of nitrogens with one attached hydrogen (secondary N) is 1.